The van der Waals surface area contributed by atoms with Gasteiger partial charge in [0.05, 0.1) is 16.4 Å². The van der Waals surface area contributed by atoms with Crippen LogP contribution in [0.4, 0.5) is 0 Å². The van der Waals surface area contributed by atoms with Crippen molar-refractivity contribution in [3.63, 3.8) is 0 Å². The van der Waals surface area contributed by atoms with Crippen LogP contribution >= 0.6 is 0 Å². The second-order valence-electron chi connectivity index (χ2n) is 4.77. The molecular formula is C12H18N2O5S2. The van der Waals surface area contributed by atoms with E-state index in [0.29, 0.717) is 19.4 Å². The Kier molecular flexibility index (Phi) is 4.69. The molecule has 2 rings (SSSR count). The van der Waals surface area contributed by atoms with Crippen LogP contribution < -0.4 is 4.72 Å². The fourth-order valence-electron chi connectivity index (χ4n) is 2.35. The third-order valence-electron chi connectivity index (χ3n) is 3.54. The first-order valence-corrected chi connectivity index (χ1v) is 9.41. The highest BCUT2D eigenvalue weighted by molar-refractivity contribution is 7.89. The predicted octanol–water partition coefficient (Wildman–Crippen LogP) is -0.260. The summed E-state index contributed by atoms with van der Waals surface area (Å²) in [5.41, 5.74) is 0. The van der Waals surface area contributed by atoms with Gasteiger partial charge < -0.3 is 5.11 Å². The van der Waals surface area contributed by atoms with Gasteiger partial charge in [0.2, 0.25) is 20.0 Å². The molecule has 0 saturated carbocycles. The van der Waals surface area contributed by atoms with E-state index in [1.807, 2.05) is 0 Å². The zero-order valence-electron chi connectivity index (χ0n) is 11.6. The maximum Gasteiger partial charge on any atom is 0.243 e. The van der Waals surface area contributed by atoms with Crippen LogP contribution in [-0.2, 0) is 20.0 Å². The van der Waals surface area contributed by atoms with E-state index in [4.69, 9.17) is 0 Å². The van der Waals surface area contributed by atoms with E-state index < -0.39 is 26.1 Å². The highest BCUT2D eigenvalue weighted by Gasteiger charge is 2.34. The first kappa shape index (κ1) is 16.4. The van der Waals surface area contributed by atoms with Crippen LogP contribution in [0.1, 0.15) is 12.8 Å². The Morgan fingerprint density at radius 1 is 1.19 bits per heavy atom. The largest absolute Gasteiger partial charge is 0.395 e. The average molecular weight is 334 g/mol. The zero-order valence-corrected chi connectivity index (χ0v) is 13.2. The highest BCUT2D eigenvalue weighted by Crippen LogP contribution is 2.26. The summed E-state index contributed by atoms with van der Waals surface area (Å²) >= 11 is 0. The van der Waals surface area contributed by atoms with Crippen LogP contribution in [-0.4, -0.2) is 52.5 Å². The summed E-state index contributed by atoms with van der Waals surface area (Å²) in [7, 11) is -6.02. The standard InChI is InChI=1S/C12H18N2O5S2/c1-13-20(16,17)11-4-6-12(7-5-11)21(18,19)14-8-2-3-10(14)9-15/h4-7,10,13,15H,2-3,8-9H2,1H3/t10-/m1/s1. The number of aliphatic hydroxyl groups excluding tert-OH is 1. The third-order valence-corrected chi connectivity index (χ3v) is 6.94. The van der Waals surface area contributed by atoms with E-state index in [9.17, 15) is 21.9 Å². The summed E-state index contributed by atoms with van der Waals surface area (Å²) in [5.74, 6) is 0. The molecule has 1 aliphatic rings. The number of hydrogen-bond acceptors (Lipinski definition) is 5. The summed E-state index contributed by atoms with van der Waals surface area (Å²) in [6, 6.07) is 4.64. The molecule has 0 spiro atoms. The zero-order chi connectivity index (χ0) is 15.7. The normalized spacial score (nSPS) is 20.8. The molecule has 118 valence electrons. The van der Waals surface area contributed by atoms with Gasteiger partial charge in [-0.25, -0.2) is 21.6 Å². The average Bonchev–Trinajstić information content (AvgIpc) is 2.96. The molecule has 2 N–H and O–H groups in total. The Hall–Kier alpha value is -1.00. The number of rotatable bonds is 5. The Balaban J connectivity index is 2.34. The van der Waals surface area contributed by atoms with E-state index in [1.54, 1.807) is 0 Å². The molecule has 0 aromatic heterocycles. The summed E-state index contributed by atoms with van der Waals surface area (Å²) < 4.78 is 51.6. The lowest BCUT2D eigenvalue weighted by atomic mass is 10.2. The van der Waals surface area contributed by atoms with Gasteiger partial charge in [-0.1, -0.05) is 0 Å². The lowest BCUT2D eigenvalue weighted by molar-refractivity contribution is 0.213. The van der Waals surface area contributed by atoms with Crippen molar-refractivity contribution in [2.75, 3.05) is 20.2 Å². The van der Waals surface area contributed by atoms with Crippen molar-refractivity contribution >= 4 is 20.0 Å². The number of sulfonamides is 2. The number of hydrogen-bond donors (Lipinski definition) is 2. The molecule has 1 atom stereocenters. The minimum Gasteiger partial charge on any atom is -0.395 e. The van der Waals surface area contributed by atoms with Gasteiger partial charge in [-0.15, -0.1) is 0 Å². The van der Waals surface area contributed by atoms with E-state index in [0.717, 1.165) is 0 Å². The molecule has 1 fully saturated rings. The topological polar surface area (TPSA) is 104 Å². The Morgan fingerprint density at radius 2 is 1.76 bits per heavy atom. The molecule has 1 aromatic carbocycles. The van der Waals surface area contributed by atoms with E-state index in [2.05, 4.69) is 4.72 Å². The molecule has 7 nitrogen and oxygen atoms in total. The molecule has 21 heavy (non-hydrogen) atoms. The van der Waals surface area contributed by atoms with Crippen LogP contribution in [0.5, 0.6) is 0 Å². The number of aliphatic hydroxyl groups is 1. The minimum absolute atomic E-state index is 0.00378. The summed E-state index contributed by atoms with van der Waals surface area (Å²) in [6.07, 6.45) is 1.33. The molecule has 0 radical (unpaired) electrons. The first-order chi connectivity index (χ1) is 9.82. The molecule has 0 aliphatic carbocycles. The van der Waals surface area contributed by atoms with Crippen molar-refractivity contribution in [3.05, 3.63) is 24.3 Å². The molecule has 0 unspecified atom stereocenters. The smallest absolute Gasteiger partial charge is 0.243 e. The molecule has 0 amide bonds. The highest BCUT2D eigenvalue weighted by atomic mass is 32.2. The lowest BCUT2D eigenvalue weighted by Gasteiger charge is -2.22. The number of nitrogens with zero attached hydrogens (tertiary/aromatic N) is 1. The molecular weight excluding hydrogens is 316 g/mol. The van der Waals surface area contributed by atoms with Crippen molar-refractivity contribution in [1.82, 2.24) is 9.03 Å². The Bertz CT molecular complexity index is 698. The van der Waals surface area contributed by atoms with E-state index in [1.165, 1.54) is 35.6 Å². The van der Waals surface area contributed by atoms with Gasteiger partial charge in [0.15, 0.2) is 0 Å². The minimum atomic E-state index is -3.71. The van der Waals surface area contributed by atoms with Gasteiger partial charge in [-0.05, 0) is 44.2 Å². The van der Waals surface area contributed by atoms with Gasteiger partial charge in [-0.3, -0.25) is 0 Å². The van der Waals surface area contributed by atoms with Crippen LogP contribution in [0, 0.1) is 0 Å². The van der Waals surface area contributed by atoms with Gasteiger partial charge in [0.1, 0.15) is 0 Å². The summed E-state index contributed by atoms with van der Waals surface area (Å²) in [6.45, 7) is 0.148. The Morgan fingerprint density at radius 3 is 2.29 bits per heavy atom. The first-order valence-electron chi connectivity index (χ1n) is 6.49. The molecule has 1 aliphatic heterocycles. The van der Waals surface area contributed by atoms with E-state index >= 15 is 0 Å². The molecule has 1 heterocycles. The Labute approximate surface area is 124 Å². The summed E-state index contributed by atoms with van der Waals surface area (Å²) in [5, 5.41) is 9.24. The van der Waals surface area contributed by atoms with Crippen molar-refractivity contribution in [2.45, 2.75) is 28.7 Å². The fourth-order valence-corrected chi connectivity index (χ4v) is 4.77. The summed E-state index contributed by atoms with van der Waals surface area (Å²) in [4.78, 5) is 0.0296. The quantitative estimate of drug-likeness (QED) is 0.772. The fraction of sp³-hybridized carbons (Fsp3) is 0.500. The van der Waals surface area contributed by atoms with Crippen LogP contribution in [0.2, 0.25) is 0 Å². The second kappa shape index (κ2) is 6.01. The van der Waals surface area contributed by atoms with Crippen molar-refractivity contribution in [1.29, 1.82) is 0 Å². The van der Waals surface area contributed by atoms with Gasteiger partial charge in [0, 0.05) is 12.6 Å². The molecule has 1 aromatic rings. The van der Waals surface area contributed by atoms with Crippen molar-refractivity contribution < 1.29 is 21.9 Å². The van der Waals surface area contributed by atoms with Crippen molar-refractivity contribution in [3.8, 4) is 0 Å². The van der Waals surface area contributed by atoms with Crippen LogP contribution in [0.3, 0.4) is 0 Å². The number of benzene rings is 1. The monoisotopic (exact) mass is 334 g/mol. The van der Waals surface area contributed by atoms with Gasteiger partial charge in [-0.2, -0.15) is 4.31 Å². The maximum atomic E-state index is 12.5. The maximum absolute atomic E-state index is 12.5. The molecule has 9 heteroatoms. The van der Waals surface area contributed by atoms with Gasteiger partial charge >= 0.3 is 0 Å². The van der Waals surface area contributed by atoms with Gasteiger partial charge in [0.25, 0.3) is 0 Å². The molecule has 0 bridgehead atoms. The van der Waals surface area contributed by atoms with E-state index in [-0.39, 0.29) is 16.4 Å². The lowest BCUT2D eigenvalue weighted by Crippen LogP contribution is -2.37. The van der Waals surface area contributed by atoms with Crippen molar-refractivity contribution in [2.24, 2.45) is 0 Å². The molecule has 1 saturated heterocycles. The van der Waals surface area contributed by atoms with Crippen LogP contribution in [0.15, 0.2) is 34.1 Å². The third kappa shape index (κ3) is 3.11. The van der Waals surface area contributed by atoms with Crippen LogP contribution in [0.25, 0.3) is 0 Å². The second-order valence-corrected chi connectivity index (χ2v) is 8.55. The number of nitrogens with one attached hydrogen (secondary N) is 1. The predicted molar refractivity (Wildman–Crippen MR) is 76.7 cm³/mol. The SMILES string of the molecule is CNS(=O)(=O)c1ccc(S(=O)(=O)N2CCC[C@@H]2CO)cc1.